The number of nitrogens with two attached hydrogens (primary N) is 1. The maximum Gasteiger partial charge on any atom is 0.469 e. The van der Waals surface area contributed by atoms with Gasteiger partial charge in [-0.05, 0) is 12.5 Å². The number of aliphatic hydroxyl groups is 2. The maximum atomic E-state index is 13.0. The monoisotopic (exact) mass is 465 g/mol. The highest BCUT2D eigenvalue weighted by Gasteiger charge is 2.68. The second kappa shape index (κ2) is 7.67. The zero-order chi connectivity index (χ0) is 23.3. The highest BCUT2D eigenvalue weighted by molar-refractivity contribution is 7.46. The third kappa shape index (κ3) is 3.31. The minimum absolute atomic E-state index is 0.0136. The molecule has 3 heterocycles. The van der Waals surface area contributed by atoms with Crippen molar-refractivity contribution < 1.29 is 38.6 Å². The van der Waals surface area contributed by atoms with Gasteiger partial charge in [0, 0.05) is 0 Å². The van der Waals surface area contributed by atoms with Gasteiger partial charge < -0.3 is 30.5 Å². The van der Waals surface area contributed by atoms with Crippen LogP contribution in [0.2, 0.25) is 0 Å². The van der Waals surface area contributed by atoms with Gasteiger partial charge in [-0.15, -0.1) is 0 Å². The number of hydrogen-bond donors (Lipinski definition) is 5. The van der Waals surface area contributed by atoms with Gasteiger partial charge >= 0.3 is 7.82 Å². The van der Waals surface area contributed by atoms with E-state index in [9.17, 15) is 19.6 Å². The number of benzene rings is 1. The molecule has 0 bridgehead atoms. The maximum absolute atomic E-state index is 13.0. The van der Waals surface area contributed by atoms with E-state index in [1.54, 1.807) is 18.2 Å². The molecule has 4 atom stereocenters. The molecule has 4 rings (SSSR count). The van der Waals surface area contributed by atoms with Gasteiger partial charge in [0.25, 0.3) is 0 Å². The van der Waals surface area contributed by atoms with Gasteiger partial charge in [-0.3, -0.25) is 13.9 Å². The van der Waals surface area contributed by atoms with Gasteiger partial charge in [0.2, 0.25) is 5.72 Å². The molecule has 1 fully saturated rings. The number of ketones is 1. The zero-order valence-corrected chi connectivity index (χ0v) is 17.5. The number of hydrogen-bond acceptors (Lipinski definition) is 10. The van der Waals surface area contributed by atoms with Crippen LogP contribution in [0.15, 0.2) is 43.0 Å². The predicted molar refractivity (Wildman–Crippen MR) is 108 cm³/mol. The molecule has 1 saturated heterocycles. The summed E-state index contributed by atoms with van der Waals surface area (Å²) in [7, 11) is -4.97. The number of aromatic nitrogens is 4. The molecule has 0 amide bonds. The Labute approximate surface area is 180 Å². The highest BCUT2D eigenvalue weighted by atomic mass is 31.2. The molecule has 14 heteroatoms. The van der Waals surface area contributed by atoms with Crippen LogP contribution in [0.3, 0.4) is 0 Å². The Morgan fingerprint density at radius 3 is 2.59 bits per heavy atom. The predicted octanol–water partition coefficient (Wildman–Crippen LogP) is -0.593. The fraction of sp³-hybridized carbons (Fsp3) is 0.333. The number of carbonyl (C=O) groups is 1. The third-order valence-corrected chi connectivity index (χ3v) is 5.94. The Kier molecular flexibility index (Phi) is 5.38. The molecule has 0 saturated carbocycles. The van der Waals surface area contributed by atoms with Crippen molar-refractivity contribution in [3.63, 3.8) is 0 Å². The summed E-state index contributed by atoms with van der Waals surface area (Å²) >= 11 is 0. The number of ether oxygens (including phenoxy) is 1. The lowest BCUT2D eigenvalue weighted by molar-refractivity contribution is -0.171. The molecule has 1 aliphatic heterocycles. The van der Waals surface area contributed by atoms with E-state index in [0.717, 1.165) is 24.1 Å². The van der Waals surface area contributed by atoms with Crippen LogP contribution in [0, 0.1) is 0 Å². The Bertz CT molecular complexity index is 1220. The van der Waals surface area contributed by atoms with E-state index in [2.05, 4.69) is 19.5 Å². The van der Waals surface area contributed by atoms with Gasteiger partial charge in [-0.1, -0.05) is 30.3 Å². The Hall–Kier alpha value is -2.77. The van der Waals surface area contributed by atoms with E-state index >= 15 is 0 Å². The quantitative estimate of drug-likeness (QED) is 0.290. The average molecular weight is 465 g/mol. The number of anilines is 1. The van der Waals surface area contributed by atoms with Crippen molar-refractivity contribution >= 4 is 30.6 Å². The number of nitrogens with zero attached hydrogens (tertiary/aromatic N) is 4. The van der Waals surface area contributed by atoms with Crippen molar-refractivity contribution in [2.75, 3.05) is 12.3 Å². The van der Waals surface area contributed by atoms with Crippen LogP contribution in [0.5, 0.6) is 0 Å². The number of fused-ring (bicyclic) bond motifs is 1. The first kappa shape index (κ1) is 22.4. The van der Waals surface area contributed by atoms with Gasteiger partial charge in [0.15, 0.2) is 17.2 Å². The Morgan fingerprint density at radius 1 is 1.28 bits per heavy atom. The molecule has 1 aliphatic rings. The normalized spacial score (nSPS) is 28.3. The number of Topliss-reactive ketones (excluding diaryl/α,β-unsaturated/α-hetero) is 1. The van der Waals surface area contributed by atoms with Gasteiger partial charge in [0.1, 0.15) is 36.0 Å². The van der Waals surface area contributed by atoms with Gasteiger partial charge in [-0.25, -0.2) is 19.5 Å². The molecule has 0 radical (unpaired) electrons. The van der Waals surface area contributed by atoms with Crippen LogP contribution in [-0.4, -0.2) is 64.1 Å². The zero-order valence-electron chi connectivity index (χ0n) is 16.6. The van der Waals surface area contributed by atoms with Crippen molar-refractivity contribution in [1.29, 1.82) is 0 Å². The molecular weight excluding hydrogens is 445 g/mol. The van der Waals surface area contributed by atoms with Crippen molar-refractivity contribution in [2.24, 2.45) is 0 Å². The molecule has 0 aliphatic carbocycles. The summed E-state index contributed by atoms with van der Waals surface area (Å²) < 4.78 is 22.9. The number of phosphoric acid groups is 1. The largest absolute Gasteiger partial charge is 0.469 e. The summed E-state index contributed by atoms with van der Waals surface area (Å²) in [5.41, 5.74) is 1.54. The standard InChI is InChI=1S/C18H20N5O8P/c1-10(24)18(23-9-22-13-14(19)20-8-21-15(13)23)16(25)17(26,11-5-3-2-4-6-11)12(31-18)7-30-32(27,28)29/h2-6,8-9,12,16,25-26H,7H2,1H3,(H2,19,20,21)(H2,27,28,29)/t12-,16-,17-,18-/m1/s1. The molecule has 0 spiro atoms. The lowest BCUT2D eigenvalue weighted by atomic mass is 9.81. The minimum Gasteiger partial charge on any atom is -0.384 e. The first-order valence-electron chi connectivity index (χ1n) is 9.30. The fourth-order valence-corrected chi connectivity index (χ4v) is 4.28. The van der Waals surface area contributed by atoms with Crippen LogP contribution in [0.25, 0.3) is 11.2 Å². The van der Waals surface area contributed by atoms with E-state index in [-0.39, 0.29) is 22.5 Å². The molecule has 32 heavy (non-hydrogen) atoms. The molecule has 3 aromatic rings. The van der Waals surface area contributed by atoms with Crippen molar-refractivity contribution in [1.82, 2.24) is 19.5 Å². The van der Waals surface area contributed by atoms with E-state index in [1.165, 1.54) is 12.1 Å². The average Bonchev–Trinajstić information content (AvgIpc) is 3.27. The summed E-state index contributed by atoms with van der Waals surface area (Å²) in [5, 5.41) is 23.1. The van der Waals surface area contributed by atoms with Crippen LogP contribution >= 0.6 is 7.82 Å². The molecule has 170 valence electrons. The van der Waals surface area contributed by atoms with E-state index < -0.39 is 43.7 Å². The third-order valence-electron chi connectivity index (χ3n) is 5.45. The second-order valence-electron chi connectivity index (χ2n) is 7.29. The SMILES string of the molecule is CC(=O)[C@@]1(n2cnc3c(N)ncnc32)O[C@H](COP(=O)(O)O)[C@](O)(c2ccccc2)[C@H]1O. The Balaban J connectivity index is 1.93. The lowest BCUT2D eigenvalue weighted by Gasteiger charge is -2.34. The number of imidazole rings is 1. The molecule has 0 unspecified atom stereocenters. The van der Waals surface area contributed by atoms with Crippen molar-refractivity contribution in [2.45, 2.75) is 30.5 Å². The summed E-state index contributed by atoms with van der Waals surface area (Å²) in [6.07, 6.45) is -1.26. The lowest BCUT2D eigenvalue weighted by Crippen LogP contribution is -2.54. The Morgan fingerprint density at radius 2 is 1.97 bits per heavy atom. The van der Waals surface area contributed by atoms with Crippen molar-refractivity contribution in [3.05, 3.63) is 48.5 Å². The number of aliphatic hydroxyl groups excluding tert-OH is 1. The highest BCUT2D eigenvalue weighted by Crippen LogP contribution is 2.50. The van der Waals surface area contributed by atoms with Crippen LogP contribution in [0.1, 0.15) is 12.5 Å². The molecular formula is C18H20N5O8P. The van der Waals surface area contributed by atoms with Crippen LogP contribution in [0.4, 0.5) is 5.82 Å². The summed E-state index contributed by atoms with van der Waals surface area (Å²) in [6, 6.07) is 7.76. The first-order valence-corrected chi connectivity index (χ1v) is 10.8. The molecule has 6 N–H and O–H groups in total. The van der Waals surface area contributed by atoms with Gasteiger partial charge in [-0.2, -0.15) is 0 Å². The topological polar surface area (TPSA) is 203 Å². The number of phosphoric ester groups is 1. The van der Waals surface area contributed by atoms with E-state index in [0.29, 0.717) is 0 Å². The second-order valence-corrected chi connectivity index (χ2v) is 8.52. The smallest absolute Gasteiger partial charge is 0.384 e. The molecule has 1 aromatic carbocycles. The summed E-state index contributed by atoms with van der Waals surface area (Å²) in [4.78, 5) is 43.3. The first-order chi connectivity index (χ1) is 15.0. The number of nitrogen functional groups attached to an aromatic ring is 1. The van der Waals surface area contributed by atoms with E-state index in [1.807, 2.05) is 0 Å². The number of rotatable bonds is 6. The number of carbonyl (C=O) groups excluding carboxylic acids is 1. The molecule has 13 nitrogen and oxygen atoms in total. The summed E-state index contributed by atoms with van der Waals surface area (Å²) in [6.45, 7) is 0.281. The van der Waals surface area contributed by atoms with Crippen LogP contribution in [-0.2, 0) is 29.9 Å². The van der Waals surface area contributed by atoms with E-state index in [4.69, 9.17) is 20.3 Å². The fourth-order valence-electron chi connectivity index (χ4n) is 3.95. The molecule has 2 aromatic heterocycles. The minimum atomic E-state index is -4.97. The summed E-state index contributed by atoms with van der Waals surface area (Å²) in [5.74, 6) is -0.728. The van der Waals surface area contributed by atoms with Crippen molar-refractivity contribution in [3.8, 4) is 0 Å². The van der Waals surface area contributed by atoms with Crippen LogP contribution < -0.4 is 5.73 Å². The van der Waals surface area contributed by atoms with Gasteiger partial charge in [0.05, 0.1) is 6.61 Å².